The number of carbonyl (C=O) groups excluding carboxylic acids is 1. The van der Waals surface area contributed by atoms with Crippen LogP contribution in [0, 0.1) is 0 Å². The average molecular weight is 357 g/mol. The Morgan fingerprint density at radius 2 is 1.15 bits per heavy atom. The van der Waals surface area contributed by atoms with Crippen molar-refractivity contribution in [2.45, 2.75) is 39.3 Å². The van der Waals surface area contributed by atoms with E-state index in [1.165, 1.54) is 11.1 Å². The van der Waals surface area contributed by atoms with E-state index in [1.807, 2.05) is 41.3 Å². The molecule has 1 amide bonds. The van der Waals surface area contributed by atoms with Crippen LogP contribution < -0.4 is 0 Å². The highest BCUT2D eigenvalue weighted by Gasteiger charge is 2.14. The molecule has 0 aliphatic rings. The quantitative estimate of drug-likeness (QED) is 0.528. The highest BCUT2D eigenvalue weighted by Crippen LogP contribution is 2.14. The Bertz CT molecular complexity index is 784. The van der Waals surface area contributed by atoms with Crippen LogP contribution in [0.2, 0.25) is 0 Å². The van der Waals surface area contributed by atoms with E-state index >= 15 is 0 Å². The SMILES string of the molecule is CCc1ccc(CCC(=O)N(Cc2ccccc2)Cc2ccccc2)cc1. The molecule has 3 aromatic rings. The molecule has 0 heterocycles. The van der Waals surface area contributed by atoms with E-state index in [2.05, 4.69) is 55.5 Å². The predicted octanol–water partition coefficient (Wildman–Crippen LogP) is 5.41. The zero-order chi connectivity index (χ0) is 18.9. The molecule has 2 nitrogen and oxygen atoms in total. The molecule has 0 atom stereocenters. The lowest BCUT2D eigenvalue weighted by Gasteiger charge is -2.23. The van der Waals surface area contributed by atoms with Crippen LogP contribution >= 0.6 is 0 Å². The van der Waals surface area contributed by atoms with Crippen LogP contribution in [0.1, 0.15) is 35.6 Å². The molecule has 0 saturated heterocycles. The van der Waals surface area contributed by atoms with Crippen LogP contribution in [-0.4, -0.2) is 10.8 Å². The van der Waals surface area contributed by atoms with Gasteiger partial charge in [0, 0.05) is 19.5 Å². The van der Waals surface area contributed by atoms with Crippen LogP contribution in [0.5, 0.6) is 0 Å². The zero-order valence-electron chi connectivity index (χ0n) is 16.0. The third kappa shape index (κ3) is 5.82. The van der Waals surface area contributed by atoms with Gasteiger partial charge in [-0.25, -0.2) is 0 Å². The number of benzene rings is 3. The maximum atomic E-state index is 13.0. The molecule has 2 heteroatoms. The minimum absolute atomic E-state index is 0.197. The maximum absolute atomic E-state index is 13.0. The lowest BCUT2D eigenvalue weighted by molar-refractivity contribution is -0.132. The summed E-state index contributed by atoms with van der Waals surface area (Å²) in [6.45, 7) is 3.44. The van der Waals surface area contributed by atoms with Crippen molar-refractivity contribution in [1.29, 1.82) is 0 Å². The molecular weight excluding hydrogens is 330 g/mol. The minimum atomic E-state index is 0.197. The van der Waals surface area contributed by atoms with Gasteiger partial charge in [0.05, 0.1) is 0 Å². The molecule has 0 unspecified atom stereocenters. The van der Waals surface area contributed by atoms with Gasteiger partial charge in [-0.1, -0.05) is 91.9 Å². The van der Waals surface area contributed by atoms with Gasteiger partial charge in [-0.15, -0.1) is 0 Å². The van der Waals surface area contributed by atoms with E-state index in [1.54, 1.807) is 0 Å². The summed E-state index contributed by atoms with van der Waals surface area (Å²) in [4.78, 5) is 14.9. The topological polar surface area (TPSA) is 20.3 Å². The molecule has 0 saturated carbocycles. The molecule has 27 heavy (non-hydrogen) atoms. The van der Waals surface area contributed by atoms with Gasteiger partial charge in [-0.3, -0.25) is 4.79 Å². The Hall–Kier alpha value is -2.87. The van der Waals surface area contributed by atoms with Gasteiger partial charge in [0.1, 0.15) is 0 Å². The zero-order valence-corrected chi connectivity index (χ0v) is 16.0. The van der Waals surface area contributed by atoms with Gasteiger partial charge >= 0.3 is 0 Å². The monoisotopic (exact) mass is 357 g/mol. The van der Waals surface area contributed by atoms with E-state index in [0.717, 1.165) is 24.0 Å². The van der Waals surface area contributed by atoms with E-state index in [-0.39, 0.29) is 5.91 Å². The number of carbonyl (C=O) groups is 1. The third-order valence-corrected chi connectivity index (χ3v) is 4.84. The summed E-state index contributed by atoms with van der Waals surface area (Å²) >= 11 is 0. The van der Waals surface area contributed by atoms with Gasteiger partial charge in [0.2, 0.25) is 5.91 Å². The van der Waals surface area contributed by atoms with Crippen LogP contribution in [0.25, 0.3) is 0 Å². The van der Waals surface area contributed by atoms with E-state index < -0.39 is 0 Å². The number of rotatable bonds is 8. The summed E-state index contributed by atoms with van der Waals surface area (Å²) < 4.78 is 0. The van der Waals surface area contributed by atoms with Gasteiger partial charge in [-0.2, -0.15) is 0 Å². The highest BCUT2D eigenvalue weighted by molar-refractivity contribution is 5.76. The number of aryl methyl sites for hydroxylation is 2. The van der Waals surface area contributed by atoms with Crippen molar-refractivity contribution in [3.05, 3.63) is 107 Å². The van der Waals surface area contributed by atoms with E-state index in [9.17, 15) is 4.79 Å². The summed E-state index contributed by atoms with van der Waals surface area (Å²) in [6, 6.07) is 29.0. The fraction of sp³-hybridized carbons (Fsp3) is 0.240. The fourth-order valence-electron chi connectivity index (χ4n) is 3.19. The molecule has 0 spiro atoms. The van der Waals surface area contributed by atoms with E-state index in [4.69, 9.17) is 0 Å². The number of amides is 1. The van der Waals surface area contributed by atoms with E-state index in [0.29, 0.717) is 19.5 Å². The largest absolute Gasteiger partial charge is 0.334 e. The van der Waals surface area contributed by atoms with Gasteiger partial charge in [0.15, 0.2) is 0 Å². The van der Waals surface area contributed by atoms with Crippen LogP contribution in [0.15, 0.2) is 84.9 Å². The molecule has 0 bridgehead atoms. The van der Waals surface area contributed by atoms with Crippen LogP contribution in [-0.2, 0) is 30.7 Å². The van der Waals surface area contributed by atoms with Crippen molar-refractivity contribution in [2.75, 3.05) is 0 Å². The number of hydrogen-bond acceptors (Lipinski definition) is 1. The summed E-state index contributed by atoms with van der Waals surface area (Å²) in [5.41, 5.74) is 4.88. The fourth-order valence-corrected chi connectivity index (χ4v) is 3.19. The standard InChI is InChI=1S/C25H27NO/c1-2-21-13-15-22(16-14-21)17-18-25(27)26(19-23-9-5-3-6-10-23)20-24-11-7-4-8-12-24/h3-16H,2,17-20H2,1H3. The normalized spacial score (nSPS) is 10.6. The summed E-state index contributed by atoms with van der Waals surface area (Å²) in [5, 5.41) is 0. The molecule has 3 aromatic carbocycles. The Labute approximate surface area is 162 Å². The van der Waals surface area contributed by atoms with Crippen molar-refractivity contribution in [3.63, 3.8) is 0 Å². The summed E-state index contributed by atoms with van der Waals surface area (Å²) in [6.07, 6.45) is 2.36. The first-order valence-corrected chi connectivity index (χ1v) is 9.68. The third-order valence-electron chi connectivity index (χ3n) is 4.84. The van der Waals surface area contributed by atoms with Crippen molar-refractivity contribution in [1.82, 2.24) is 4.90 Å². The van der Waals surface area contributed by atoms with Gasteiger partial charge in [0.25, 0.3) is 0 Å². The second-order valence-corrected chi connectivity index (χ2v) is 6.89. The maximum Gasteiger partial charge on any atom is 0.223 e. The first kappa shape index (κ1) is 18.9. The van der Waals surface area contributed by atoms with Crippen LogP contribution in [0.4, 0.5) is 0 Å². The predicted molar refractivity (Wildman–Crippen MR) is 111 cm³/mol. The summed E-state index contributed by atoms with van der Waals surface area (Å²) in [7, 11) is 0. The average Bonchev–Trinajstić information content (AvgIpc) is 2.73. The van der Waals surface area contributed by atoms with Crippen molar-refractivity contribution in [3.8, 4) is 0 Å². The molecule has 0 fully saturated rings. The molecule has 0 radical (unpaired) electrons. The van der Waals surface area contributed by atoms with Crippen molar-refractivity contribution >= 4 is 5.91 Å². The Balaban J connectivity index is 1.67. The smallest absolute Gasteiger partial charge is 0.223 e. The summed E-state index contributed by atoms with van der Waals surface area (Å²) in [5.74, 6) is 0.197. The molecule has 0 aromatic heterocycles. The molecule has 0 aliphatic carbocycles. The Morgan fingerprint density at radius 3 is 1.63 bits per heavy atom. The molecular formula is C25H27NO. The Morgan fingerprint density at radius 1 is 0.667 bits per heavy atom. The van der Waals surface area contributed by atoms with Crippen molar-refractivity contribution < 1.29 is 4.79 Å². The lowest BCUT2D eigenvalue weighted by atomic mass is 10.1. The van der Waals surface area contributed by atoms with Gasteiger partial charge < -0.3 is 4.90 Å². The highest BCUT2D eigenvalue weighted by atomic mass is 16.2. The number of hydrogen-bond donors (Lipinski definition) is 0. The second-order valence-electron chi connectivity index (χ2n) is 6.89. The lowest BCUT2D eigenvalue weighted by Crippen LogP contribution is -2.30. The first-order chi connectivity index (χ1) is 13.2. The molecule has 3 rings (SSSR count). The molecule has 0 aliphatic heterocycles. The second kappa shape index (κ2) is 9.72. The molecule has 138 valence electrons. The Kier molecular flexibility index (Phi) is 6.81. The molecule has 0 N–H and O–H groups in total. The van der Waals surface area contributed by atoms with Crippen molar-refractivity contribution in [2.24, 2.45) is 0 Å². The first-order valence-electron chi connectivity index (χ1n) is 9.68. The number of nitrogens with zero attached hydrogens (tertiary/aromatic N) is 1. The minimum Gasteiger partial charge on any atom is -0.334 e. The van der Waals surface area contributed by atoms with Gasteiger partial charge in [-0.05, 0) is 35.1 Å². The van der Waals surface area contributed by atoms with Crippen LogP contribution in [0.3, 0.4) is 0 Å².